The number of benzene rings is 1. The third kappa shape index (κ3) is 5.36. The van der Waals surface area contributed by atoms with Crippen LogP contribution in [0.2, 0.25) is 0 Å². The standard InChI is InChI=1S/C17H25NO2S/c1-13-5-2-3-6-15(13)12-21-10-9-18-17(20)14-7-4-8-16(19)11-14/h2-3,5-6,14,16,19H,4,7-12H2,1H3,(H,18,20)/t14-,16+/m0/s1. The van der Waals surface area contributed by atoms with E-state index in [4.69, 9.17) is 0 Å². The second kappa shape index (κ2) is 8.44. The first-order chi connectivity index (χ1) is 10.2. The number of hydrogen-bond acceptors (Lipinski definition) is 3. The normalized spacial score (nSPS) is 22.0. The van der Waals surface area contributed by atoms with Gasteiger partial charge in [0, 0.05) is 24.0 Å². The molecule has 1 amide bonds. The third-order valence-electron chi connectivity index (χ3n) is 4.08. The van der Waals surface area contributed by atoms with E-state index in [0.717, 1.165) is 30.8 Å². The number of aliphatic hydroxyl groups excluding tert-OH is 1. The summed E-state index contributed by atoms with van der Waals surface area (Å²) in [5, 5.41) is 12.6. The van der Waals surface area contributed by atoms with Crippen molar-refractivity contribution < 1.29 is 9.90 Å². The van der Waals surface area contributed by atoms with Crippen molar-refractivity contribution in [2.45, 2.75) is 44.5 Å². The average Bonchev–Trinajstić information content (AvgIpc) is 2.48. The molecule has 0 saturated heterocycles. The fourth-order valence-electron chi connectivity index (χ4n) is 2.75. The molecule has 1 aromatic carbocycles. The lowest BCUT2D eigenvalue weighted by Gasteiger charge is -2.24. The molecule has 0 radical (unpaired) electrons. The van der Waals surface area contributed by atoms with Crippen LogP contribution in [0.1, 0.15) is 36.8 Å². The van der Waals surface area contributed by atoms with E-state index in [2.05, 4.69) is 36.5 Å². The maximum atomic E-state index is 12.0. The van der Waals surface area contributed by atoms with E-state index in [9.17, 15) is 9.90 Å². The second-order valence-corrected chi connectivity index (χ2v) is 6.89. The van der Waals surface area contributed by atoms with Crippen LogP contribution in [0, 0.1) is 12.8 Å². The minimum Gasteiger partial charge on any atom is -0.393 e. The van der Waals surface area contributed by atoms with Gasteiger partial charge in [0.05, 0.1) is 6.10 Å². The van der Waals surface area contributed by atoms with Crippen LogP contribution in [0.5, 0.6) is 0 Å². The lowest BCUT2D eigenvalue weighted by atomic mass is 9.87. The molecular formula is C17H25NO2S. The van der Waals surface area contributed by atoms with Gasteiger partial charge in [-0.1, -0.05) is 30.7 Å². The van der Waals surface area contributed by atoms with Gasteiger partial charge in [0.25, 0.3) is 0 Å². The molecule has 21 heavy (non-hydrogen) atoms. The van der Waals surface area contributed by atoms with E-state index in [1.165, 1.54) is 11.1 Å². The summed E-state index contributed by atoms with van der Waals surface area (Å²) >= 11 is 1.85. The Morgan fingerprint density at radius 1 is 1.38 bits per heavy atom. The Hall–Kier alpha value is -1.00. The number of hydrogen-bond donors (Lipinski definition) is 2. The number of amides is 1. The molecule has 2 rings (SSSR count). The fraction of sp³-hybridized carbons (Fsp3) is 0.588. The van der Waals surface area contributed by atoms with Gasteiger partial charge in [0.2, 0.25) is 5.91 Å². The van der Waals surface area contributed by atoms with E-state index in [1.807, 2.05) is 11.8 Å². The highest BCUT2D eigenvalue weighted by atomic mass is 32.2. The number of carbonyl (C=O) groups excluding carboxylic acids is 1. The second-order valence-electron chi connectivity index (χ2n) is 5.79. The Kier molecular flexibility index (Phi) is 6.58. The summed E-state index contributed by atoms with van der Waals surface area (Å²) in [5.74, 6) is 2.04. The summed E-state index contributed by atoms with van der Waals surface area (Å²) in [6.07, 6.45) is 3.06. The quantitative estimate of drug-likeness (QED) is 0.795. The zero-order chi connectivity index (χ0) is 15.1. The van der Waals surface area contributed by atoms with Crippen molar-refractivity contribution in [1.29, 1.82) is 0 Å². The van der Waals surface area contributed by atoms with Crippen molar-refractivity contribution in [1.82, 2.24) is 5.32 Å². The molecule has 0 unspecified atom stereocenters. The van der Waals surface area contributed by atoms with Gasteiger partial charge in [-0.15, -0.1) is 0 Å². The Morgan fingerprint density at radius 2 is 2.19 bits per heavy atom. The van der Waals surface area contributed by atoms with Crippen LogP contribution in [0.3, 0.4) is 0 Å². The average molecular weight is 307 g/mol. The van der Waals surface area contributed by atoms with Gasteiger partial charge in [-0.3, -0.25) is 4.79 Å². The minimum atomic E-state index is -0.287. The third-order valence-corrected chi connectivity index (χ3v) is 5.09. The number of aliphatic hydroxyl groups is 1. The van der Waals surface area contributed by atoms with E-state index < -0.39 is 0 Å². The summed E-state index contributed by atoms with van der Waals surface area (Å²) < 4.78 is 0. The molecule has 0 bridgehead atoms. The molecule has 1 fully saturated rings. The monoisotopic (exact) mass is 307 g/mol. The predicted molar refractivity (Wildman–Crippen MR) is 88.3 cm³/mol. The van der Waals surface area contributed by atoms with Crippen molar-refractivity contribution in [2.75, 3.05) is 12.3 Å². The molecular weight excluding hydrogens is 282 g/mol. The van der Waals surface area contributed by atoms with Crippen molar-refractivity contribution in [2.24, 2.45) is 5.92 Å². The SMILES string of the molecule is Cc1ccccc1CSCCNC(=O)[C@H]1CCC[C@@H](O)C1. The summed E-state index contributed by atoms with van der Waals surface area (Å²) in [6, 6.07) is 8.41. The van der Waals surface area contributed by atoms with Gasteiger partial charge in [-0.25, -0.2) is 0 Å². The van der Waals surface area contributed by atoms with Crippen LogP contribution in [0.4, 0.5) is 0 Å². The first kappa shape index (κ1) is 16.4. The van der Waals surface area contributed by atoms with Gasteiger partial charge in [0.1, 0.15) is 0 Å². The molecule has 116 valence electrons. The maximum Gasteiger partial charge on any atom is 0.223 e. The van der Waals surface area contributed by atoms with Gasteiger partial charge in [0.15, 0.2) is 0 Å². The molecule has 0 aliphatic heterocycles. The molecule has 0 aromatic heterocycles. The van der Waals surface area contributed by atoms with Crippen LogP contribution in [0.15, 0.2) is 24.3 Å². The molecule has 1 aliphatic rings. The Bertz CT molecular complexity index is 464. The smallest absolute Gasteiger partial charge is 0.223 e. The van der Waals surface area contributed by atoms with Crippen molar-refractivity contribution in [3.63, 3.8) is 0 Å². The Balaban J connectivity index is 1.61. The highest BCUT2D eigenvalue weighted by molar-refractivity contribution is 7.98. The van der Waals surface area contributed by atoms with Gasteiger partial charge < -0.3 is 10.4 Å². The highest BCUT2D eigenvalue weighted by Gasteiger charge is 2.25. The first-order valence-electron chi connectivity index (χ1n) is 7.75. The van der Waals surface area contributed by atoms with Crippen LogP contribution >= 0.6 is 11.8 Å². The molecule has 1 aliphatic carbocycles. The van der Waals surface area contributed by atoms with Crippen LogP contribution in [0.25, 0.3) is 0 Å². The molecule has 2 atom stereocenters. The number of rotatable bonds is 6. The predicted octanol–water partition coefficient (Wildman–Crippen LogP) is 2.90. The van der Waals surface area contributed by atoms with Crippen molar-refractivity contribution in [3.8, 4) is 0 Å². The van der Waals surface area contributed by atoms with Crippen molar-refractivity contribution >= 4 is 17.7 Å². The van der Waals surface area contributed by atoms with Crippen LogP contribution in [-0.2, 0) is 10.5 Å². The van der Waals surface area contributed by atoms with Crippen LogP contribution < -0.4 is 5.32 Å². The highest BCUT2D eigenvalue weighted by Crippen LogP contribution is 2.24. The Labute approximate surface area is 131 Å². The summed E-state index contributed by atoms with van der Waals surface area (Å²) in [7, 11) is 0. The molecule has 1 saturated carbocycles. The van der Waals surface area contributed by atoms with Crippen molar-refractivity contribution in [3.05, 3.63) is 35.4 Å². The number of thioether (sulfide) groups is 1. The summed E-state index contributed by atoms with van der Waals surface area (Å²) in [6.45, 7) is 2.84. The topological polar surface area (TPSA) is 49.3 Å². The van der Waals surface area contributed by atoms with Crippen LogP contribution in [-0.4, -0.2) is 29.4 Å². The lowest BCUT2D eigenvalue weighted by molar-refractivity contribution is -0.127. The fourth-order valence-corrected chi connectivity index (χ4v) is 3.68. The molecule has 0 heterocycles. The largest absolute Gasteiger partial charge is 0.393 e. The summed E-state index contributed by atoms with van der Waals surface area (Å²) in [5.41, 5.74) is 2.69. The first-order valence-corrected chi connectivity index (χ1v) is 8.90. The van der Waals surface area contributed by atoms with Gasteiger partial charge >= 0.3 is 0 Å². The van der Waals surface area contributed by atoms with Gasteiger partial charge in [-0.2, -0.15) is 11.8 Å². The number of aryl methyl sites for hydroxylation is 1. The maximum absolute atomic E-state index is 12.0. The zero-order valence-corrected chi connectivity index (χ0v) is 13.5. The Morgan fingerprint density at radius 3 is 2.95 bits per heavy atom. The zero-order valence-electron chi connectivity index (χ0n) is 12.7. The summed E-state index contributed by atoms with van der Waals surface area (Å²) in [4.78, 5) is 12.0. The van der Waals surface area contributed by atoms with E-state index in [0.29, 0.717) is 13.0 Å². The number of nitrogens with one attached hydrogen (secondary N) is 1. The molecule has 1 aromatic rings. The molecule has 3 nitrogen and oxygen atoms in total. The molecule has 4 heteroatoms. The minimum absolute atomic E-state index is 0.00937. The van der Waals surface area contributed by atoms with E-state index in [-0.39, 0.29) is 17.9 Å². The molecule has 0 spiro atoms. The number of carbonyl (C=O) groups is 1. The molecule has 2 N–H and O–H groups in total. The lowest BCUT2D eigenvalue weighted by Crippen LogP contribution is -2.36. The van der Waals surface area contributed by atoms with Gasteiger partial charge in [-0.05, 0) is 37.3 Å². The van der Waals surface area contributed by atoms with E-state index >= 15 is 0 Å². The van der Waals surface area contributed by atoms with E-state index in [1.54, 1.807) is 0 Å².